The van der Waals surface area contributed by atoms with Crippen molar-refractivity contribution in [3.8, 4) is 5.75 Å². The molecule has 2 aromatic rings. The van der Waals surface area contributed by atoms with Gasteiger partial charge >= 0.3 is 0 Å². The molecule has 0 aliphatic carbocycles. The van der Waals surface area contributed by atoms with Crippen LogP contribution in [-0.4, -0.2) is 22.7 Å². The molecule has 0 saturated heterocycles. The van der Waals surface area contributed by atoms with Gasteiger partial charge in [0.15, 0.2) is 6.61 Å². The molecule has 1 N–H and O–H groups in total. The van der Waals surface area contributed by atoms with Gasteiger partial charge in [-0.25, -0.2) is 0 Å². The fraction of sp³-hybridized carbons (Fsp3) is 0.400. The number of rotatable bonds is 7. The molecule has 118 valence electrons. The zero-order chi connectivity index (χ0) is 15.9. The van der Waals surface area contributed by atoms with E-state index in [9.17, 15) is 4.79 Å². The minimum absolute atomic E-state index is 0.0770. The number of aryl methyl sites for hydroxylation is 2. The van der Waals surface area contributed by atoms with Crippen LogP contribution in [-0.2, 0) is 11.2 Å². The lowest BCUT2D eigenvalue weighted by Crippen LogP contribution is -2.20. The summed E-state index contributed by atoms with van der Waals surface area (Å²) < 4.78 is 5.48. The molecule has 0 radical (unpaired) electrons. The maximum Gasteiger partial charge on any atom is 0.264 e. The van der Waals surface area contributed by atoms with Crippen LogP contribution < -0.4 is 10.1 Å². The van der Waals surface area contributed by atoms with Gasteiger partial charge in [-0.1, -0.05) is 36.3 Å². The first kappa shape index (κ1) is 16.7. The minimum Gasteiger partial charge on any atom is -0.483 e. The van der Waals surface area contributed by atoms with Crippen LogP contribution >= 0.6 is 22.9 Å². The number of benzene rings is 1. The highest BCUT2D eigenvalue weighted by Crippen LogP contribution is 2.22. The van der Waals surface area contributed by atoms with Crippen molar-refractivity contribution in [1.29, 1.82) is 0 Å². The summed E-state index contributed by atoms with van der Waals surface area (Å²) in [6.07, 6.45) is 3.07. The Labute approximate surface area is 138 Å². The van der Waals surface area contributed by atoms with Crippen molar-refractivity contribution < 1.29 is 9.53 Å². The number of nitrogens with zero attached hydrogens (tertiary/aromatic N) is 2. The Morgan fingerprint density at radius 2 is 2.23 bits per heavy atom. The summed E-state index contributed by atoms with van der Waals surface area (Å²) >= 11 is 7.28. The maximum atomic E-state index is 11.9. The van der Waals surface area contributed by atoms with E-state index in [0.717, 1.165) is 29.8 Å². The molecular weight excluding hydrogens is 322 g/mol. The summed E-state index contributed by atoms with van der Waals surface area (Å²) in [5, 5.41) is 12.8. The second-order valence-corrected chi connectivity index (χ2v) is 6.35. The Kier molecular flexibility index (Phi) is 6.15. The van der Waals surface area contributed by atoms with Crippen molar-refractivity contribution in [2.45, 2.75) is 33.1 Å². The normalized spacial score (nSPS) is 10.5. The molecule has 1 aromatic heterocycles. The molecule has 0 aliphatic rings. The number of aromatic nitrogens is 2. The minimum atomic E-state index is -0.257. The van der Waals surface area contributed by atoms with Crippen LogP contribution in [0.4, 0.5) is 5.13 Å². The van der Waals surface area contributed by atoms with Crippen LogP contribution in [0, 0.1) is 6.92 Å². The van der Waals surface area contributed by atoms with Gasteiger partial charge in [0.25, 0.3) is 5.91 Å². The average molecular weight is 340 g/mol. The number of nitrogens with one attached hydrogen (secondary N) is 1. The second kappa shape index (κ2) is 8.10. The number of carbonyl (C=O) groups excluding carboxylic acids is 1. The molecule has 0 saturated carbocycles. The van der Waals surface area contributed by atoms with Gasteiger partial charge in [-0.2, -0.15) is 0 Å². The summed E-state index contributed by atoms with van der Waals surface area (Å²) in [6.45, 7) is 3.93. The third-order valence-electron chi connectivity index (χ3n) is 2.95. The number of halogens is 1. The Balaban J connectivity index is 1.83. The molecule has 22 heavy (non-hydrogen) atoms. The number of ether oxygens (including phenoxy) is 1. The summed E-state index contributed by atoms with van der Waals surface area (Å²) in [7, 11) is 0. The van der Waals surface area contributed by atoms with Crippen molar-refractivity contribution >= 4 is 34.0 Å². The van der Waals surface area contributed by atoms with E-state index in [1.165, 1.54) is 11.3 Å². The van der Waals surface area contributed by atoms with E-state index in [1.54, 1.807) is 18.2 Å². The number of unbranched alkanes of at least 4 members (excludes halogenated alkanes) is 1. The lowest BCUT2D eigenvalue weighted by molar-refractivity contribution is -0.118. The molecule has 1 amide bonds. The maximum absolute atomic E-state index is 11.9. The van der Waals surface area contributed by atoms with Crippen molar-refractivity contribution in [3.05, 3.63) is 33.8 Å². The molecule has 0 spiro atoms. The SMILES string of the molecule is CCCCc1nnc(NC(=O)COc2ccc(Cl)cc2C)s1. The van der Waals surface area contributed by atoms with E-state index in [4.69, 9.17) is 16.3 Å². The zero-order valence-electron chi connectivity index (χ0n) is 12.6. The van der Waals surface area contributed by atoms with Crippen molar-refractivity contribution in [3.63, 3.8) is 0 Å². The number of hydrogen-bond donors (Lipinski definition) is 1. The lowest BCUT2D eigenvalue weighted by atomic mass is 10.2. The Hall–Kier alpha value is -1.66. The largest absolute Gasteiger partial charge is 0.483 e. The molecule has 0 fully saturated rings. The monoisotopic (exact) mass is 339 g/mol. The van der Waals surface area contributed by atoms with Gasteiger partial charge in [0.05, 0.1) is 0 Å². The first-order valence-electron chi connectivity index (χ1n) is 7.09. The van der Waals surface area contributed by atoms with Gasteiger partial charge in [0.1, 0.15) is 10.8 Å². The predicted molar refractivity (Wildman–Crippen MR) is 88.8 cm³/mol. The molecule has 2 rings (SSSR count). The summed E-state index contributed by atoms with van der Waals surface area (Å²) in [5.74, 6) is 0.382. The smallest absolute Gasteiger partial charge is 0.264 e. The quantitative estimate of drug-likeness (QED) is 0.831. The van der Waals surface area contributed by atoms with Gasteiger partial charge in [-0.15, -0.1) is 10.2 Å². The fourth-order valence-corrected chi connectivity index (χ4v) is 2.83. The van der Waals surface area contributed by atoms with Crippen LogP contribution in [0.2, 0.25) is 5.02 Å². The Morgan fingerprint density at radius 1 is 1.41 bits per heavy atom. The Bertz CT molecular complexity index is 645. The standard InChI is InChI=1S/C15H18ClN3O2S/c1-3-4-5-14-18-19-15(22-14)17-13(20)9-21-12-7-6-11(16)8-10(12)2/h6-8H,3-5,9H2,1-2H3,(H,17,19,20). The highest BCUT2D eigenvalue weighted by atomic mass is 35.5. The summed E-state index contributed by atoms with van der Waals surface area (Å²) in [5.41, 5.74) is 0.887. The van der Waals surface area contributed by atoms with Crippen LogP contribution in [0.5, 0.6) is 5.75 Å². The topological polar surface area (TPSA) is 64.1 Å². The van der Waals surface area contributed by atoms with E-state index < -0.39 is 0 Å². The molecule has 1 heterocycles. The van der Waals surface area contributed by atoms with Crippen LogP contribution in [0.25, 0.3) is 0 Å². The van der Waals surface area contributed by atoms with Crippen LogP contribution in [0.1, 0.15) is 30.3 Å². The van der Waals surface area contributed by atoms with Gasteiger partial charge in [-0.05, 0) is 37.1 Å². The molecule has 7 heteroatoms. The Morgan fingerprint density at radius 3 is 2.95 bits per heavy atom. The number of carbonyl (C=O) groups is 1. The third kappa shape index (κ3) is 4.96. The molecule has 0 unspecified atom stereocenters. The first-order valence-corrected chi connectivity index (χ1v) is 8.29. The van der Waals surface area contributed by atoms with Crippen molar-refractivity contribution in [2.75, 3.05) is 11.9 Å². The van der Waals surface area contributed by atoms with Crippen molar-refractivity contribution in [1.82, 2.24) is 10.2 Å². The van der Waals surface area contributed by atoms with E-state index in [0.29, 0.717) is 15.9 Å². The first-order chi connectivity index (χ1) is 10.6. The highest BCUT2D eigenvalue weighted by molar-refractivity contribution is 7.15. The van der Waals surface area contributed by atoms with E-state index in [-0.39, 0.29) is 12.5 Å². The van der Waals surface area contributed by atoms with E-state index in [2.05, 4.69) is 22.4 Å². The zero-order valence-corrected chi connectivity index (χ0v) is 14.1. The molecule has 0 aliphatic heterocycles. The predicted octanol–water partition coefficient (Wildman–Crippen LogP) is 3.86. The number of anilines is 1. The number of hydrogen-bond acceptors (Lipinski definition) is 5. The van der Waals surface area contributed by atoms with Crippen molar-refractivity contribution in [2.24, 2.45) is 0 Å². The summed E-state index contributed by atoms with van der Waals surface area (Å²) in [6, 6.07) is 5.27. The molecule has 1 aromatic carbocycles. The second-order valence-electron chi connectivity index (χ2n) is 4.85. The van der Waals surface area contributed by atoms with Gasteiger partial charge < -0.3 is 4.74 Å². The molecule has 0 bridgehead atoms. The highest BCUT2D eigenvalue weighted by Gasteiger charge is 2.09. The molecule has 0 atom stereocenters. The fourth-order valence-electron chi connectivity index (χ4n) is 1.81. The van der Waals surface area contributed by atoms with E-state index >= 15 is 0 Å². The average Bonchev–Trinajstić information content (AvgIpc) is 2.91. The van der Waals surface area contributed by atoms with Gasteiger partial charge in [-0.3, -0.25) is 10.1 Å². The van der Waals surface area contributed by atoms with Gasteiger partial charge in [0.2, 0.25) is 5.13 Å². The molecular formula is C15H18ClN3O2S. The summed E-state index contributed by atoms with van der Waals surface area (Å²) in [4.78, 5) is 11.9. The molecule has 5 nitrogen and oxygen atoms in total. The van der Waals surface area contributed by atoms with Gasteiger partial charge in [0, 0.05) is 11.4 Å². The third-order valence-corrected chi connectivity index (χ3v) is 4.09. The van der Waals surface area contributed by atoms with E-state index in [1.807, 2.05) is 6.92 Å². The number of amides is 1. The van der Waals surface area contributed by atoms with Crippen LogP contribution in [0.15, 0.2) is 18.2 Å². The lowest BCUT2D eigenvalue weighted by Gasteiger charge is -2.08. The van der Waals surface area contributed by atoms with Crippen LogP contribution in [0.3, 0.4) is 0 Å².